The second-order valence-corrected chi connectivity index (χ2v) is 9.74. The molecule has 1 aliphatic heterocycles. The SMILES string of the molecule is Cc1ncc(-c2cc(O)c(-c3ccc(N4CCC(CNC5CCC5)C4)nn3)cc2F)s1. The second-order valence-electron chi connectivity index (χ2n) is 8.51. The van der Waals surface area contributed by atoms with Crippen molar-refractivity contribution in [3.63, 3.8) is 0 Å². The van der Waals surface area contributed by atoms with Crippen molar-refractivity contribution >= 4 is 17.2 Å². The summed E-state index contributed by atoms with van der Waals surface area (Å²) in [6.07, 6.45) is 6.73. The van der Waals surface area contributed by atoms with E-state index in [4.69, 9.17) is 0 Å². The third-order valence-corrected chi connectivity index (χ3v) is 7.25. The predicted octanol–water partition coefficient (Wildman–Crippen LogP) is 4.39. The molecule has 1 atom stereocenters. The van der Waals surface area contributed by atoms with Crippen LogP contribution in [0.2, 0.25) is 0 Å². The summed E-state index contributed by atoms with van der Waals surface area (Å²) in [7, 11) is 0. The van der Waals surface area contributed by atoms with Crippen LogP contribution in [0.5, 0.6) is 5.75 Å². The van der Waals surface area contributed by atoms with E-state index in [1.54, 1.807) is 12.3 Å². The number of anilines is 1. The average Bonchev–Trinajstić information content (AvgIpc) is 3.38. The molecule has 3 aromatic rings. The molecule has 3 heterocycles. The van der Waals surface area contributed by atoms with Crippen molar-refractivity contribution in [2.45, 2.75) is 38.6 Å². The highest BCUT2D eigenvalue weighted by Crippen LogP contribution is 2.37. The third-order valence-electron chi connectivity index (χ3n) is 6.31. The zero-order chi connectivity index (χ0) is 21.4. The van der Waals surface area contributed by atoms with Crippen LogP contribution in [-0.2, 0) is 0 Å². The molecule has 0 spiro atoms. The van der Waals surface area contributed by atoms with Gasteiger partial charge in [-0.1, -0.05) is 6.42 Å². The fourth-order valence-electron chi connectivity index (χ4n) is 4.23. The number of nitrogens with zero attached hydrogens (tertiary/aromatic N) is 4. The molecule has 8 heteroatoms. The number of hydrogen-bond donors (Lipinski definition) is 2. The molecule has 0 radical (unpaired) electrons. The van der Waals surface area contributed by atoms with E-state index in [2.05, 4.69) is 25.4 Å². The molecule has 0 bridgehead atoms. The normalized spacial score (nSPS) is 19.0. The van der Waals surface area contributed by atoms with Gasteiger partial charge in [0.1, 0.15) is 11.6 Å². The van der Waals surface area contributed by atoms with Crippen molar-refractivity contribution in [2.75, 3.05) is 24.5 Å². The van der Waals surface area contributed by atoms with E-state index < -0.39 is 5.82 Å². The van der Waals surface area contributed by atoms with Crippen LogP contribution in [0.25, 0.3) is 21.7 Å². The summed E-state index contributed by atoms with van der Waals surface area (Å²) in [6, 6.07) is 7.18. The number of hydrogen-bond acceptors (Lipinski definition) is 7. The number of aryl methyl sites for hydroxylation is 1. The Balaban J connectivity index is 1.28. The van der Waals surface area contributed by atoms with E-state index >= 15 is 0 Å². The number of benzene rings is 1. The molecule has 6 nitrogen and oxygen atoms in total. The van der Waals surface area contributed by atoms with Crippen LogP contribution in [0.3, 0.4) is 0 Å². The Morgan fingerprint density at radius 3 is 2.74 bits per heavy atom. The smallest absolute Gasteiger partial charge is 0.151 e. The summed E-state index contributed by atoms with van der Waals surface area (Å²) in [5.41, 5.74) is 1.13. The standard InChI is InChI=1S/C23H26FN5OS/c1-14-25-12-22(31-14)17-10-21(30)18(9-19(17)24)20-5-6-23(28-27-20)29-8-7-15(13-29)11-26-16-3-2-4-16/h5-6,9-10,12,15-16,26,30H,2-4,7-8,11,13H2,1H3. The van der Waals surface area contributed by atoms with Gasteiger partial charge in [0.25, 0.3) is 0 Å². The molecule has 2 N–H and O–H groups in total. The van der Waals surface area contributed by atoms with E-state index in [9.17, 15) is 9.50 Å². The van der Waals surface area contributed by atoms with Crippen molar-refractivity contribution in [2.24, 2.45) is 5.92 Å². The van der Waals surface area contributed by atoms with E-state index in [1.165, 1.54) is 42.7 Å². The number of nitrogens with one attached hydrogen (secondary N) is 1. The molecule has 2 aliphatic rings. The monoisotopic (exact) mass is 439 g/mol. The fourth-order valence-corrected chi connectivity index (χ4v) is 5.03. The van der Waals surface area contributed by atoms with Gasteiger partial charge in [-0.15, -0.1) is 21.5 Å². The van der Waals surface area contributed by atoms with Gasteiger partial charge in [-0.2, -0.15) is 0 Å². The predicted molar refractivity (Wildman–Crippen MR) is 121 cm³/mol. The minimum atomic E-state index is -0.413. The lowest BCUT2D eigenvalue weighted by Crippen LogP contribution is -2.38. The first-order valence-electron chi connectivity index (χ1n) is 10.8. The molecule has 0 amide bonds. The molecule has 31 heavy (non-hydrogen) atoms. The minimum absolute atomic E-state index is 0.0205. The van der Waals surface area contributed by atoms with Gasteiger partial charge in [-0.05, 0) is 62.9 Å². The first-order valence-corrected chi connectivity index (χ1v) is 11.7. The number of aromatic hydroxyl groups is 1. The molecule has 162 valence electrons. The number of phenols is 1. The maximum Gasteiger partial charge on any atom is 0.151 e. The topological polar surface area (TPSA) is 74.2 Å². The van der Waals surface area contributed by atoms with Gasteiger partial charge in [0.2, 0.25) is 0 Å². The zero-order valence-corrected chi connectivity index (χ0v) is 18.3. The zero-order valence-electron chi connectivity index (χ0n) is 17.5. The molecule has 1 unspecified atom stereocenters. The largest absolute Gasteiger partial charge is 0.507 e. The highest BCUT2D eigenvalue weighted by atomic mass is 32.1. The molecular weight excluding hydrogens is 413 g/mol. The molecule has 2 aromatic heterocycles. The summed E-state index contributed by atoms with van der Waals surface area (Å²) >= 11 is 1.39. The van der Waals surface area contributed by atoms with Crippen molar-refractivity contribution in [1.29, 1.82) is 0 Å². The third kappa shape index (κ3) is 4.27. The lowest BCUT2D eigenvalue weighted by atomic mass is 9.92. The van der Waals surface area contributed by atoms with Crippen LogP contribution in [0.1, 0.15) is 30.7 Å². The van der Waals surface area contributed by atoms with Crippen LogP contribution < -0.4 is 10.2 Å². The molecule has 2 fully saturated rings. The Morgan fingerprint density at radius 2 is 2.06 bits per heavy atom. The number of phenolic OH excluding ortho intramolecular Hbond substituents is 1. The van der Waals surface area contributed by atoms with Crippen molar-refractivity contribution < 1.29 is 9.50 Å². The van der Waals surface area contributed by atoms with Crippen LogP contribution in [0.15, 0.2) is 30.5 Å². The molecule has 5 rings (SSSR count). The first-order chi connectivity index (χ1) is 15.1. The first kappa shape index (κ1) is 20.3. The molecule has 1 saturated heterocycles. The average molecular weight is 440 g/mol. The van der Waals surface area contributed by atoms with Crippen molar-refractivity contribution in [3.05, 3.63) is 41.3 Å². The summed E-state index contributed by atoms with van der Waals surface area (Å²) < 4.78 is 14.7. The maximum absolute atomic E-state index is 14.7. The van der Waals surface area contributed by atoms with E-state index in [0.717, 1.165) is 36.9 Å². The maximum atomic E-state index is 14.7. The summed E-state index contributed by atoms with van der Waals surface area (Å²) in [6.45, 7) is 4.86. The highest BCUT2D eigenvalue weighted by molar-refractivity contribution is 7.15. The van der Waals surface area contributed by atoms with Gasteiger partial charge < -0.3 is 15.3 Å². The van der Waals surface area contributed by atoms with Gasteiger partial charge >= 0.3 is 0 Å². The molecular formula is C23H26FN5OS. The fraction of sp³-hybridized carbons (Fsp3) is 0.435. The van der Waals surface area contributed by atoms with Gasteiger partial charge in [-0.25, -0.2) is 9.37 Å². The summed E-state index contributed by atoms with van der Waals surface area (Å²) in [5, 5.41) is 23.7. The Morgan fingerprint density at radius 1 is 1.19 bits per heavy atom. The number of rotatable bonds is 6. The Kier molecular flexibility index (Phi) is 5.58. The summed E-state index contributed by atoms with van der Waals surface area (Å²) in [4.78, 5) is 7.10. The van der Waals surface area contributed by atoms with Crippen LogP contribution in [-0.4, -0.2) is 46.0 Å². The lowest BCUT2D eigenvalue weighted by molar-refractivity contribution is 0.321. The molecule has 1 saturated carbocycles. The van der Waals surface area contributed by atoms with E-state index in [-0.39, 0.29) is 5.75 Å². The van der Waals surface area contributed by atoms with E-state index in [0.29, 0.717) is 33.7 Å². The Bertz CT molecular complexity index is 1070. The van der Waals surface area contributed by atoms with Gasteiger partial charge in [0.05, 0.1) is 15.6 Å². The van der Waals surface area contributed by atoms with Gasteiger partial charge in [0, 0.05) is 36.5 Å². The highest BCUT2D eigenvalue weighted by Gasteiger charge is 2.26. The van der Waals surface area contributed by atoms with Crippen LogP contribution >= 0.6 is 11.3 Å². The van der Waals surface area contributed by atoms with Gasteiger partial charge in [0.15, 0.2) is 5.82 Å². The van der Waals surface area contributed by atoms with Crippen molar-refractivity contribution in [1.82, 2.24) is 20.5 Å². The van der Waals surface area contributed by atoms with Crippen LogP contribution in [0.4, 0.5) is 10.2 Å². The number of halogens is 1. The number of thiazole rings is 1. The molecule has 1 aromatic carbocycles. The minimum Gasteiger partial charge on any atom is -0.507 e. The Labute approximate surface area is 185 Å². The molecule has 1 aliphatic carbocycles. The number of aromatic nitrogens is 3. The quantitative estimate of drug-likeness (QED) is 0.594. The van der Waals surface area contributed by atoms with Gasteiger partial charge in [-0.3, -0.25) is 0 Å². The lowest BCUT2D eigenvalue weighted by Gasteiger charge is -2.28. The van der Waals surface area contributed by atoms with E-state index in [1.807, 2.05) is 13.0 Å². The van der Waals surface area contributed by atoms with Crippen LogP contribution in [0, 0.1) is 18.7 Å². The Hall–Kier alpha value is -2.58. The van der Waals surface area contributed by atoms with Crippen molar-refractivity contribution in [3.8, 4) is 27.4 Å². The summed E-state index contributed by atoms with van der Waals surface area (Å²) in [5.74, 6) is 1.02. The second kappa shape index (κ2) is 8.51.